The first-order valence-corrected chi connectivity index (χ1v) is 13.1. The first-order valence-electron chi connectivity index (χ1n) is 13.1. The monoisotopic (exact) mass is 490 g/mol. The molecule has 4 aliphatic rings. The minimum Gasteiger partial charge on any atom is -0.454 e. The van der Waals surface area contributed by atoms with Gasteiger partial charge in [0.25, 0.3) is 0 Å². The van der Waals surface area contributed by atoms with E-state index in [1.807, 2.05) is 29.2 Å². The Hall–Kier alpha value is -3.06. The Morgan fingerprint density at radius 1 is 0.944 bits per heavy atom. The average Bonchev–Trinajstić information content (AvgIpc) is 3.41. The maximum atomic E-state index is 13.2. The standard InChI is InChI=1S/C29H34N2O5/c32-26(17-21-6-7-24-25(16-21)36-20-35-24)31-12-8-28(9-13-31)18-23(28)27(33)30-19-29(10-14-34-15-11-29)22-4-2-1-3-5-22/h1-7,16,23H,8-15,17-20H2,(H,30,33)/t23-/m1/s1. The molecule has 1 atom stereocenters. The van der Waals surface area contributed by atoms with Gasteiger partial charge in [0, 0.05) is 44.2 Å². The Bertz CT molecular complexity index is 1120. The van der Waals surface area contributed by atoms with Crippen molar-refractivity contribution < 1.29 is 23.8 Å². The van der Waals surface area contributed by atoms with E-state index in [2.05, 4.69) is 29.6 Å². The summed E-state index contributed by atoms with van der Waals surface area (Å²) in [6.45, 7) is 3.79. The molecule has 2 aromatic rings. The highest BCUT2D eigenvalue weighted by molar-refractivity contribution is 5.83. The highest BCUT2D eigenvalue weighted by Gasteiger charge is 2.58. The molecule has 2 aromatic carbocycles. The summed E-state index contributed by atoms with van der Waals surface area (Å²) >= 11 is 0. The fourth-order valence-corrected chi connectivity index (χ4v) is 6.31. The van der Waals surface area contributed by atoms with E-state index in [9.17, 15) is 9.59 Å². The van der Waals surface area contributed by atoms with Crippen LogP contribution < -0.4 is 14.8 Å². The maximum Gasteiger partial charge on any atom is 0.231 e. The predicted octanol–water partition coefficient (Wildman–Crippen LogP) is 3.45. The van der Waals surface area contributed by atoms with Gasteiger partial charge in [-0.1, -0.05) is 36.4 Å². The normalized spacial score (nSPS) is 23.3. The van der Waals surface area contributed by atoms with E-state index in [4.69, 9.17) is 14.2 Å². The Balaban J connectivity index is 1.01. The lowest BCUT2D eigenvalue weighted by molar-refractivity contribution is -0.132. The first-order chi connectivity index (χ1) is 17.6. The Labute approximate surface area is 212 Å². The molecule has 190 valence electrons. The number of nitrogens with zero attached hydrogens (tertiary/aromatic N) is 1. The lowest BCUT2D eigenvalue weighted by Crippen LogP contribution is -2.46. The van der Waals surface area contributed by atoms with Crippen LogP contribution in [0.25, 0.3) is 0 Å². The van der Waals surface area contributed by atoms with Gasteiger partial charge < -0.3 is 24.4 Å². The third-order valence-corrected chi connectivity index (χ3v) is 8.85. The van der Waals surface area contributed by atoms with E-state index in [0.717, 1.165) is 69.7 Å². The van der Waals surface area contributed by atoms with E-state index < -0.39 is 0 Å². The second-order valence-electron chi connectivity index (χ2n) is 10.8. The smallest absolute Gasteiger partial charge is 0.231 e. The maximum absolute atomic E-state index is 13.2. The number of carbonyl (C=O) groups is 2. The van der Waals surface area contributed by atoms with Gasteiger partial charge in [-0.3, -0.25) is 9.59 Å². The van der Waals surface area contributed by atoms with Gasteiger partial charge in [-0.15, -0.1) is 0 Å². The number of hydrogen-bond acceptors (Lipinski definition) is 5. The van der Waals surface area contributed by atoms with Crippen molar-refractivity contribution >= 4 is 11.8 Å². The molecule has 0 aromatic heterocycles. The second kappa shape index (κ2) is 9.43. The lowest BCUT2D eigenvalue weighted by atomic mass is 9.74. The van der Waals surface area contributed by atoms with Gasteiger partial charge in [0.05, 0.1) is 6.42 Å². The molecule has 1 N–H and O–H groups in total. The molecule has 0 bridgehead atoms. The van der Waals surface area contributed by atoms with Crippen molar-refractivity contribution in [2.24, 2.45) is 11.3 Å². The van der Waals surface area contributed by atoms with Crippen LogP contribution in [-0.4, -0.2) is 56.4 Å². The van der Waals surface area contributed by atoms with Crippen molar-refractivity contribution in [3.8, 4) is 11.5 Å². The van der Waals surface area contributed by atoms with E-state index in [-0.39, 0.29) is 35.4 Å². The summed E-state index contributed by atoms with van der Waals surface area (Å²) in [4.78, 5) is 28.1. The summed E-state index contributed by atoms with van der Waals surface area (Å²) in [7, 11) is 0. The molecule has 0 radical (unpaired) electrons. The number of benzene rings is 2. The quantitative estimate of drug-likeness (QED) is 0.671. The fourth-order valence-electron chi connectivity index (χ4n) is 6.31. The molecule has 6 rings (SSSR count). The molecule has 3 heterocycles. The van der Waals surface area contributed by atoms with Crippen molar-refractivity contribution in [1.82, 2.24) is 10.2 Å². The molecule has 1 saturated carbocycles. The fraction of sp³-hybridized carbons (Fsp3) is 0.517. The summed E-state index contributed by atoms with van der Waals surface area (Å²) < 4.78 is 16.4. The van der Waals surface area contributed by atoms with Gasteiger partial charge >= 0.3 is 0 Å². The highest BCUT2D eigenvalue weighted by Crippen LogP contribution is 2.59. The van der Waals surface area contributed by atoms with Gasteiger partial charge in [-0.05, 0) is 60.8 Å². The molecule has 36 heavy (non-hydrogen) atoms. The van der Waals surface area contributed by atoms with Crippen molar-refractivity contribution in [2.45, 2.75) is 43.9 Å². The van der Waals surface area contributed by atoms with Gasteiger partial charge in [-0.25, -0.2) is 0 Å². The number of rotatable bonds is 6. The Morgan fingerprint density at radius 3 is 2.47 bits per heavy atom. The number of nitrogens with one attached hydrogen (secondary N) is 1. The number of hydrogen-bond donors (Lipinski definition) is 1. The molecule has 1 spiro atoms. The first kappa shape index (κ1) is 23.3. The van der Waals surface area contributed by atoms with Crippen LogP contribution in [0.3, 0.4) is 0 Å². The van der Waals surface area contributed by atoms with Crippen molar-refractivity contribution in [1.29, 1.82) is 0 Å². The molecule has 7 heteroatoms. The minimum absolute atomic E-state index is 0.0538. The van der Waals surface area contributed by atoms with E-state index in [0.29, 0.717) is 18.7 Å². The summed E-state index contributed by atoms with van der Waals surface area (Å²) in [5.74, 6) is 1.82. The average molecular weight is 491 g/mol. The lowest BCUT2D eigenvalue weighted by Gasteiger charge is -2.38. The van der Waals surface area contributed by atoms with Crippen LogP contribution in [0.5, 0.6) is 11.5 Å². The van der Waals surface area contributed by atoms with Crippen molar-refractivity contribution in [3.63, 3.8) is 0 Å². The second-order valence-corrected chi connectivity index (χ2v) is 10.8. The molecule has 7 nitrogen and oxygen atoms in total. The van der Waals surface area contributed by atoms with Crippen molar-refractivity contribution in [3.05, 3.63) is 59.7 Å². The largest absolute Gasteiger partial charge is 0.454 e. The molecule has 3 fully saturated rings. The Kier molecular flexibility index (Phi) is 6.12. The van der Waals surface area contributed by atoms with E-state index >= 15 is 0 Å². The summed E-state index contributed by atoms with van der Waals surface area (Å²) in [5.41, 5.74) is 2.23. The van der Waals surface area contributed by atoms with Crippen LogP contribution in [0.1, 0.15) is 43.2 Å². The Morgan fingerprint density at radius 2 is 1.69 bits per heavy atom. The van der Waals surface area contributed by atoms with Gasteiger partial charge in [0.1, 0.15) is 0 Å². The molecular formula is C29H34N2O5. The van der Waals surface area contributed by atoms with E-state index in [1.165, 1.54) is 5.56 Å². The number of carbonyl (C=O) groups excluding carboxylic acids is 2. The van der Waals surface area contributed by atoms with E-state index in [1.54, 1.807) is 0 Å². The van der Waals surface area contributed by atoms with Crippen LogP contribution in [-0.2, 0) is 26.2 Å². The number of piperidine rings is 1. The SMILES string of the molecule is O=C(NCC1(c2ccccc2)CCOCC1)[C@H]1CC12CCN(C(=O)Cc1ccc3c(c1)OCO3)CC2. The summed E-state index contributed by atoms with van der Waals surface area (Å²) in [5, 5.41) is 3.32. The predicted molar refractivity (Wildman–Crippen MR) is 134 cm³/mol. The topological polar surface area (TPSA) is 77.1 Å². The third-order valence-electron chi connectivity index (χ3n) is 8.85. The number of likely N-dealkylation sites (tertiary alicyclic amines) is 1. The highest BCUT2D eigenvalue weighted by atomic mass is 16.7. The zero-order chi connectivity index (χ0) is 24.6. The summed E-state index contributed by atoms with van der Waals surface area (Å²) in [6, 6.07) is 16.2. The summed E-state index contributed by atoms with van der Waals surface area (Å²) in [6.07, 6.45) is 4.94. The van der Waals surface area contributed by atoms with Crippen LogP contribution in [0, 0.1) is 11.3 Å². The third kappa shape index (κ3) is 4.45. The molecule has 3 aliphatic heterocycles. The zero-order valence-corrected chi connectivity index (χ0v) is 20.7. The van der Waals surface area contributed by atoms with Crippen LogP contribution in [0.15, 0.2) is 48.5 Å². The molecular weight excluding hydrogens is 456 g/mol. The molecule has 1 aliphatic carbocycles. The minimum atomic E-state index is -0.0538. The number of fused-ring (bicyclic) bond motifs is 1. The number of amides is 2. The van der Waals surface area contributed by atoms with Crippen LogP contribution >= 0.6 is 0 Å². The van der Waals surface area contributed by atoms with Crippen molar-refractivity contribution in [2.75, 3.05) is 39.6 Å². The zero-order valence-electron chi connectivity index (χ0n) is 20.7. The number of ether oxygens (including phenoxy) is 3. The molecule has 2 saturated heterocycles. The van der Waals surface area contributed by atoms with Crippen LogP contribution in [0.4, 0.5) is 0 Å². The van der Waals surface area contributed by atoms with Crippen LogP contribution in [0.2, 0.25) is 0 Å². The van der Waals surface area contributed by atoms with Gasteiger partial charge in [-0.2, -0.15) is 0 Å². The molecule has 0 unspecified atom stereocenters. The van der Waals surface area contributed by atoms with Gasteiger partial charge in [0.15, 0.2) is 11.5 Å². The molecule has 2 amide bonds. The van der Waals surface area contributed by atoms with Gasteiger partial charge in [0.2, 0.25) is 18.6 Å².